The highest BCUT2D eigenvalue weighted by atomic mass is 32.1. The van der Waals surface area contributed by atoms with Crippen LogP contribution in [0, 0.1) is 13.8 Å². The number of carbonyl (C=O) groups excluding carboxylic acids is 1. The molecule has 0 radical (unpaired) electrons. The third kappa shape index (κ3) is 4.28. The molecule has 6 heteroatoms. The quantitative estimate of drug-likeness (QED) is 0.578. The third-order valence-corrected chi connectivity index (χ3v) is 5.14. The highest BCUT2D eigenvalue weighted by molar-refractivity contribution is 7.80. The zero-order chi connectivity index (χ0) is 20.5. The average molecular weight is 399 g/mol. The number of fused-ring (bicyclic) bond motifs is 1. The van der Waals surface area contributed by atoms with Gasteiger partial charge in [-0.05, 0) is 63.7 Å². The molecular weight excluding hydrogens is 372 g/mol. The van der Waals surface area contributed by atoms with E-state index in [4.69, 9.17) is 21.7 Å². The molecule has 2 aromatic carbocycles. The van der Waals surface area contributed by atoms with E-state index in [1.807, 2.05) is 19.1 Å². The second-order valence-corrected chi connectivity index (χ2v) is 8.14. The molecule has 148 valence electrons. The molecule has 3 rings (SSSR count). The van der Waals surface area contributed by atoms with Crippen LogP contribution < -0.4 is 15.4 Å². The predicted molar refractivity (Wildman–Crippen MR) is 115 cm³/mol. The number of methoxy groups -OCH3 is 1. The summed E-state index contributed by atoms with van der Waals surface area (Å²) in [4.78, 5) is 11.9. The van der Waals surface area contributed by atoms with Crippen molar-refractivity contribution in [2.24, 2.45) is 0 Å². The molecule has 28 heavy (non-hydrogen) atoms. The fraction of sp³-hybridized carbons (Fsp3) is 0.364. The maximum atomic E-state index is 11.9. The summed E-state index contributed by atoms with van der Waals surface area (Å²) in [6.07, 6.45) is 0.784. The molecule has 0 fully saturated rings. The predicted octanol–water partition coefficient (Wildman–Crippen LogP) is 4.68. The van der Waals surface area contributed by atoms with Crippen molar-refractivity contribution < 1.29 is 14.3 Å². The van der Waals surface area contributed by atoms with E-state index >= 15 is 0 Å². The van der Waals surface area contributed by atoms with E-state index in [9.17, 15) is 4.79 Å². The lowest BCUT2D eigenvalue weighted by atomic mass is 9.89. The monoisotopic (exact) mass is 398 g/mol. The molecule has 1 aliphatic heterocycles. The van der Waals surface area contributed by atoms with E-state index in [2.05, 4.69) is 43.5 Å². The van der Waals surface area contributed by atoms with Gasteiger partial charge in [-0.15, -0.1) is 0 Å². The van der Waals surface area contributed by atoms with Crippen LogP contribution in [0.3, 0.4) is 0 Å². The van der Waals surface area contributed by atoms with Gasteiger partial charge in [0.1, 0.15) is 11.4 Å². The van der Waals surface area contributed by atoms with Crippen LogP contribution in [0.1, 0.15) is 53.4 Å². The van der Waals surface area contributed by atoms with Gasteiger partial charge in [0.05, 0.1) is 18.7 Å². The van der Waals surface area contributed by atoms with Gasteiger partial charge in [0.15, 0.2) is 5.11 Å². The Hall–Kier alpha value is -2.60. The lowest BCUT2D eigenvalue weighted by molar-refractivity contribution is 0.0599. The van der Waals surface area contributed by atoms with Crippen LogP contribution in [0.15, 0.2) is 36.4 Å². The lowest BCUT2D eigenvalue weighted by Gasteiger charge is -2.38. The maximum absolute atomic E-state index is 11.9. The molecule has 1 heterocycles. The minimum absolute atomic E-state index is 0.0303. The highest BCUT2D eigenvalue weighted by Gasteiger charge is 2.34. The van der Waals surface area contributed by atoms with Gasteiger partial charge >= 0.3 is 5.97 Å². The normalized spacial score (nSPS) is 17.1. The summed E-state index contributed by atoms with van der Waals surface area (Å²) in [5.74, 6) is 0.515. The molecule has 1 aliphatic rings. The summed E-state index contributed by atoms with van der Waals surface area (Å²) in [6.45, 7) is 8.08. The number of benzene rings is 2. The fourth-order valence-electron chi connectivity index (χ4n) is 3.52. The van der Waals surface area contributed by atoms with Gasteiger partial charge in [0, 0.05) is 17.7 Å². The van der Waals surface area contributed by atoms with Gasteiger partial charge in [0.2, 0.25) is 0 Å². The van der Waals surface area contributed by atoms with Gasteiger partial charge in [-0.2, -0.15) is 0 Å². The fourth-order valence-corrected chi connectivity index (χ4v) is 3.77. The summed E-state index contributed by atoms with van der Waals surface area (Å²) >= 11 is 5.57. The summed E-state index contributed by atoms with van der Waals surface area (Å²) in [6, 6.07) is 11.7. The van der Waals surface area contributed by atoms with Gasteiger partial charge in [-0.3, -0.25) is 0 Å². The number of thiocarbonyl (C=S) groups is 1. The Bertz CT molecular complexity index is 924. The molecule has 1 atom stereocenters. The first-order chi connectivity index (χ1) is 13.2. The van der Waals surface area contributed by atoms with Crippen LogP contribution in [-0.2, 0) is 4.74 Å². The Labute approximate surface area is 171 Å². The van der Waals surface area contributed by atoms with Gasteiger partial charge in [-0.25, -0.2) is 4.79 Å². The minimum atomic E-state index is -0.365. The Morgan fingerprint density at radius 2 is 2.00 bits per heavy atom. The largest absolute Gasteiger partial charge is 0.487 e. The van der Waals surface area contributed by atoms with Crippen LogP contribution in [-0.4, -0.2) is 23.8 Å². The molecule has 0 bridgehead atoms. The Morgan fingerprint density at radius 3 is 2.71 bits per heavy atom. The van der Waals surface area contributed by atoms with Crippen molar-refractivity contribution in [3.05, 3.63) is 58.7 Å². The van der Waals surface area contributed by atoms with Crippen molar-refractivity contribution in [3.63, 3.8) is 0 Å². The number of rotatable bonds is 3. The number of hydrogen-bond donors (Lipinski definition) is 2. The summed E-state index contributed by atoms with van der Waals surface area (Å²) < 4.78 is 11.0. The van der Waals surface area contributed by atoms with E-state index in [1.165, 1.54) is 12.7 Å². The zero-order valence-electron chi connectivity index (χ0n) is 16.9. The first-order valence-corrected chi connectivity index (χ1v) is 9.66. The minimum Gasteiger partial charge on any atom is -0.487 e. The van der Waals surface area contributed by atoms with Crippen LogP contribution in [0.2, 0.25) is 0 Å². The Balaban J connectivity index is 1.81. The SMILES string of the molecule is COC(=O)c1cccc(NC(=S)N[C@@H]2CC(C)(C)Oc3ccc(C)cc32)c1C. The van der Waals surface area contributed by atoms with Gasteiger partial charge < -0.3 is 20.1 Å². The van der Waals surface area contributed by atoms with Gasteiger partial charge in [-0.1, -0.05) is 23.8 Å². The second-order valence-electron chi connectivity index (χ2n) is 7.73. The zero-order valence-corrected chi connectivity index (χ0v) is 17.7. The molecule has 0 aliphatic carbocycles. The number of hydrogen-bond acceptors (Lipinski definition) is 4. The first kappa shape index (κ1) is 20.1. The lowest BCUT2D eigenvalue weighted by Crippen LogP contribution is -2.42. The van der Waals surface area contributed by atoms with E-state index in [-0.39, 0.29) is 17.6 Å². The van der Waals surface area contributed by atoms with Crippen LogP contribution in [0.25, 0.3) is 0 Å². The van der Waals surface area contributed by atoms with Crippen molar-refractivity contribution in [2.45, 2.75) is 45.8 Å². The number of nitrogens with one attached hydrogen (secondary N) is 2. The van der Waals surface area contributed by atoms with Crippen molar-refractivity contribution in [1.29, 1.82) is 0 Å². The maximum Gasteiger partial charge on any atom is 0.338 e. The van der Waals surface area contributed by atoms with Crippen molar-refractivity contribution >= 4 is 29.0 Å². The number of carbonyl (C=O) groups is 1. The molecule has 0 unspecified atom stereocenters. The van der Waals surface area contributed by atoms with E-state index < -0.39 is 0 Å². The van der Waals surface area contributed by atoms with E-state index in [0.717, 1.165) is 29.0 Å². The van der Waals surface area contributed by atoms with Crippen molar-refractivity contribution in [3.8, 4) is 5.75 Å². The summed E-state index contributed by atoms with van der Waals surface area (Å²) in [7, 11) is 1.38. The summed E-state index contributed by atoms with van der Waals surface area (Å²) in [5, 5.41) is 7.14. The number of aryl methyl sites for hydroxylation is 1. The topological polar surface area (TPSA) is 59.6 Å². The highest BCUT2D eigenvalue weighted by Crippen LogP contribution is 2.39. The number of ether oxygens (including phenoxy) is 2. The standard InChI is InChI=1S/C22H26N2O3S/c1-13-9-10-19-16(11-13)18(12-22(3,4)27-19)24-21(28)23-17-8-6-7-15(14(17)2)20(25)26-5/h6-11,18H,12H2,1-5H3,(H2,23,24,28)/t18-/m1/s1. The van der Waals surface area contributed by atoms with Gasteiger partial charge in [0.25, 0.3) is 0 Å². The number of anilines is 1. The van der Waals surface area contributed by atoms with E-state index in [1.54, 1.807) is 12.1 Å². The van der Waals surface area contributed by atoms with E-state index in [0.29, 0.717) is 10.7 Å². The first-order valence-electron chi connectivity index (χ1n) is 9.25. The van der Waals surface area contributed by atoms with Crippen LogP contribution in [0.4, 0.5) is 5.69 Å². The Morgan fingerprint density at radius 1 is 1.25 bits per heavy atom. The third-order valence-electron chi connectivity index (χ3n) is 4.92. The molecule has 0 saturated heterocycles. The summed E-state index contributed by atoms with van der Waals surface area (Å²) in [5.41, 5.74) is 4.07. The van der Waals surface area contributed by atoms with Crippen LogP contribution in [0.5, 0.6) is 5.75 Å². The molecule has 0 spiro atoms. The molecule has 0 saturated carbocycles. The molecule has 0 amide bonds. The molecule has 5 nitrogen and oxygen atoms in total. The smallest absolute Gasteiger partial charge is 0.338 e. The van der Waals surface area contributed by atoms with Crippen molar-refractivity contribution in [2.75, 3.05) is 12.4 Å². The molecule has 2 N–H and O–H groups in total. The molecule has 0 aromatic heterocycles. The number of esters is 1. The Kier molecular flexibility index (Phi) is 5.61. The average Bonchev–Trinajstić information content (AvgIpc) is 2.62. The van der Waals surface area contributed by atoms with Crippen molar-refractivity contribution in [1.82, 2.24) is 5.32 Å². The van der Waals surface area contributed by atoms with Crippen LogP contribution >= 0.6 is 12.2 Å². The molecular formula is C22H26N2O3S. The molecule has 2 aromatic rings. The second kappa shape index (κ2) is 7.80.